The predicted octanol–water partition coefficient (Wildman–Crippen LogP) is 2.55. The summed E-state index contributed by atoms with van der Waals surface area (Å²) in [5.74, 6) is -2.15. The van der Waals surface area contributed by atoms with Crippen LogP contribution < -0.4 is 9.64 Å². The molecule has 36 heavy (non-hydrogen) atoms. The molecular formula is C26H30FN3O6. The molecule has 0 N–H and O–H groups in total. The highest BCUT2D eigenvalue weighted by Crippen LogP contribution is 2.31. The molecule has 2 aromatic rings. The second kappa shape index (κ2) is 11.3. The van der Waals surface area contributed by atoms with Gasteiger partial charge >= 0.3 is 12.1 Å². The molecule has 9 nitrogen and oxygen atoms in total. The van der Waals surface area contributed by atoms with Crippen LogP contribution in [-0.4, -0.2) is 86.9 Å². The van der Waals surface area contributed by atoms with Crippen LogP contribution >= 0.6 is 0 Å². The van der Waals surface area contributed by atoms with Crippen molar-refractivity contribution in [3.8, 4) is 5.75 Å². The maximum absolute atomic E-state index is 13.7. The molecule has 10 heteroatoms. The Hall–Kier alpha value is -3.82. The molecule has 0 saturated carbocycles. The summed E-state index contributed by atoms with van der Waals surface area (Å²) in [7, 11) is 2.45. The van der Waals surface area contributed by atoms with E-state index in [2.05, 4.69) is 4.90 Å². The monoisotopic (exact) mass is 499 g/mol. The summed E-state index contributed by atoms with van der Waals surface area (Å²) in [6.45, 7) is 2.12. The van der Waals surface area contributed by atoms with Crippen molar-refractivity contribution in [3.05, 3.63) is 60.4 Å². The summed E-state index contributed by atoms with van der Waals surface area (Å²) in [5.41, 5.74) is 1.07. The normalized spacial score (nSPS) is 22.1. The van der Waals surface area contributed by atoms with Gasteiger partial charge in [-0.15, -0.1) is 0 Å². The molecule has 0 unspecified atom stereocenters. The molecule has 0 aromatic heterocycles. The van der Waals surface area contributed by atoms with Gasteiger partial charge in [-0.3, -0.25) is 14.5 Å². The van der Waals surface area contributed by atoms with E-state index in [-0.39, 0.29) is 24.6 Å². The lowest BCUT2D eigenvalue weighted by molar-refractivity contribution is -0.158. The molecule has 0 spiro atoms. The van der Waals surface area contributed by atoms with Crippen molar-refractivity contribution in [2.75, 3.05) is 51.8 Å². The molecule has 2 aliphatic rings. The smallest absolute Gasteiger partial charge is 0.410 e. The van der Waals surface area contributed by atoms with Gasteiger partial charge in [0, 0.05) is 44.4 Å². The fourth-order valence-electron chi connectivity index (χ4n) is 4.85. The van der Waals surface area contributed by atoms with Gasteiger partial charge in [0.2, 0.25) is 5.91 Å². The highest BCUT2D eigenvalue weighted by molar-refractivity contribution is 5.91. The number of amides is 2. The molecule has 2 amide bonds. The SMILES string of the molecule is COC(=O)[C@H]1C[C@H](Oc2cccc(F)c2)CN(C(=O)OC)[C@@H]1C(=O)N1CCN(c2ccccc2)CC1. The first-order chi connectivity index (χ1) is 17.4. The van der Waals surface area contributed by atoms with Crippen molar-refractivity contribution in [1.29, 1.82) is 0 Å². The quantitative estimate of drug-likeness (QED) is 0.585. The summed E-state index contributed by atoms with van der Waals surface area (Å²) < 4.78 is 29.5. The van der Waals surface area contributed by atoms with Gasteiger partial charge in [-0.1, -0.05) is 24.3 Å². The number of anilines is 1. The van der Waals surface area contributed by atoms with E-state index in [1.54, 1.807) is 11.0 Å². The number of nitrogens with zero attached hydrogens (tertiary/aromatic N) is 3. The highest BCUT2D eigenvalue weighted by Gasteiger charge is 2.49. The summed E-state index contributed by atoms with van der Waals surface area (Å²) in [4.78, 5) is 44.4. The molecule has 0 aliphatic carbocycles. The van der Waals surface area contributed by atoms with Gasteiger partial charge < -0.3 is 24.0 Å². The average Bonchev–Trinajstić information content (AvgIpc) is 2.92. The highest BCUT2D eigenvalue weighted by atomic mass is 19.1. The third-order valence-corrected chi connectivity index (χ3v) is 6.61. The number of esters is 1. The number of halogens is 1. The fraction of sp³-hybridized carbons (Fsp3) is 0.423. The Morgan fingerprint density at radius 2 is 1.64 bits per heavy atom. The Morgan fingerprint density at radius 3 is 2.28 bits per heavy atom. The van der Waals surface area contributed by atoms with Gasteiger partial charge in [-0.25, -0.2) is 9.18 Å². The van der Waals surface area contributed by atoms with Crippen molar-refractivity contribution in [2.24, 2.45) is 5.92 Å². The lowest BCUT2D eigenvalue weighted by Crippen LogP contribution is -2.64. The van der Waals surface area contributed by atoms with Crippen LogP contribution in [0.2, 0.25) is 0 Å². The van der Waals surface area contributed by atoms with Crippen molar-refractivity contribution < 1.29 is 33.0 Å². The molecule has 2 fully saturated rings. The van der Waals surface area contributed by atoms with E-state index in [4.69, 9.17) is 14.2 Å². The van der Waals surface area contributed by atoms with Crippen LogP contribution in [0.15, 0.2) is 54.6 Å². The molecule has 4 rings (SSSR count). The Bertz CT molecular complexity index is 1050. The zero-order valence-corrected chi connectivity index (χ0v) is 20.3. The van der Waals surface area contributed by atoms with Crippen molar-refractivity contribution in [2.45, 2.75) is 18.6 Å². The molecule has 0 radical (unpaired) electrons. The molecule has 0 bridgehead atoms. The Morgan fingerprint density at radius 1 is 0.917 bits per heavy atom. The van der Waals surface area contributed by atoms with Crippen LogP contribution in [-0.2, 0) is 19.1 Å². The predicted molar refractivity (Wildman–Crippen MR) is 129 cm³/mol. The Balaban J connectivity index is 1.53. The molecule has 2 aliphatic heterocycles. The van der Waals surface area contributed by atoms with Crippen LogP contribution in [0.4, 0.5) is 14.9 Å². The minimum atomic E-state index is -1.10. The van der Waals surface area contributed by atoms with E-state index < -0.39 is 35.9 Å². The van der Waals surface area contributed by atoms with Gasteiger partial charge in [0.25, 0.3) is 0 Å². The van der Waals surface area contributed by atoms with Crippen LogP contribution in [0.5, 0.6) is 5.75 Å². The van der Waals surface area contributed by atoms with Crippen LogP contribution in [0.1, 0.15) is 6.42 Å². The third kappa shape index (κ3) is 5.53. The maximum Gasteiger partial charge on any atom is 0.410 e. The van der Waals surface area contributed by atoms with Crippen molar-refractivity contribution >= 4 is 23.7 Å². The number of carbonyl (C=O) groups is 3. The molecule has 2 aromatic carbocycles. The fourth-order valence-corrected chi connectivity index (χ4v) is 4.85. The third-order valence-electron chi connectivity index (χ3n) is 6.61. The maximum atomic E-state index is 13.7. The van der Waals surface area contributed by atoms with E-state index in [1.807, 2.05) is 30.3 Å². The van der Waals surface area contributed by atoms with Crippen molar-refractivity contribution in [3.63, 3.8) is 0 Å². The van der Waals surface area contributed by atoms with E-state index in [0.29, 0.717) is 26.2 Å². The van der Waals surface area contributed by atoms with Gasteiger partial charge in [-0.2, -0.15) is 0 Å². The minimum absolute atomic E-state index is 0.00291. The summed E-state index contributed by atoms with van der Waals surface area (Å²) in [6, 6.07) is 14.4. The lowest BCUT2D eigenvalue weighted by atomic mass is 9.86. The standard InChI is InChI=1S/C26H30FN3O6/c1-34-25(32)22-16-21(36-20-10-6-7-18(27)15-20)17-30(26(33)35-2)23(22)24(31)29-13-11-28(12-14-29)19-8-4-3-5-9-19/h3-10,15,21-23H,11-14,16-17H2,1-2H3/t21-,22-,23-/m0/s1. The molecule has 3 atom stereocenters. The number of benzene rings is 2. The zero-order chi connectivity index (χ0) is 25.7. The van der Waals surface area contributed by atoms with E-state index in [9.17, 15) is 18.8 Å². The van der Waals surface area contributed by atoms with Crippen LogP contribution in [0, 0.1) is 11.7 Å². The minimum Gasteiger partial charge on any atom is -0.488 e. The topological polar surface area (TPSA) is 88.6 Å². The molecule has 192 valence electrons. The van der Waals surface area contributed by atoms with Crippen LogP contribution in [0.25, 0.3) is 0 Å². The lowest BCUT2D eigenvalue weighted by Gasteiger charge is -2.44. The number of hydrogen-bond donors (Lipinski definition) is 0. The number of ether oxygens (including phenoxy) is 3. The number of para-hydroxylation sites is 1. The van der Waals surface area contributed by atoms with Gasteiger partial charge in [0.1, 0.15) is 23.7 Å². The molecular weight excluding hydrogens is 469 g/mol. The Kier molecular flexibility index (Phi) is 7.92. The molecule has 2 heterocycles. The Labute approximate surface area is 209 Å². The first-order valence-electron chi connectivity index (χ1n) is 11.8. The van der Waals surface area contributed by atoms with Crippen molar-refractivity contribution in [1.82, 2.24) is 9.80 Å². The number of piperazine rings is 1. The number of methoxy groups -OCH3 is 2. The zero-order valence-electron chi connectivity index (χ0n) is 20.3. The van der Waals surface area contributed by atoms with E-state index in [1.165, 1.54) is 37.3 Å². The first kappa shape index (κ1) is 25.3. The van der Waals surface area contributed by atoms with E-state index in [0.717, 1.165) is 5.69 Å². The first-order valence-corrected chi connectivity index (χ1v) is 11.8. The second-order valence-electron chi connectivity index (χ2n) is 8.78. The molecule has 2 saturated heterocycles. The second-order valence-corrected chi connectivity index (χ2v) is 8.78. The van der Waals surface area contributed by atoms with Gasteiger partial charge in [0.15, 0.2) is 0 Å². The summed E-state index contributed by atoms with van der Waals surface area (Å²) in [5, 5.41) is 0. The van der Waals surface area contributed by atoms with E-state index >= 15 is 0 Å². The average molecular weight is 500 g/mol. The summed E-state index contributed by atoms with van der Waals surface area (Å²) in [6.07, 6.45) is -1.30. The van der Waals surface area contributed by atoms with Gasteiger partial charge in [0.05, 0.1) is 26.7 Å². The number of hydrogen-bond acceptors (Lipinski definition) is 7. The van der Waals surface area contributed by atoms with Gasteiger partial charge in [-0.05, 0) is 24.3 Å². The number of carbonyl (C=O) groups excluding carboxylic acids is 3. The van der Waals surface area contributed by atoms with Crippen LogP contribution in [0.3, 0.4) is 0 Å². The number of rotatable bonds is 5. The number of likely N-dealkylation sites (tertiary alicyclic amines) is 1. The summed E-state index contributed by atoms with van der Waals surface area (Å²) >= 11 is 0. The number of piperidine rings is 1. The largest absolute Gasteiger partial charge is 0.488 e.